The van der Waals surface area contributed by atoms with E-state index < -0.39 is 24.5 Å². The number of amides is 2. The van der Waals surface area contributed by atoms with E-state index in [1.54, 1.807) is 0 Å². The van der Waals surface area contributed by atoms with Gasteiger partial charge in [-0.05, 0) is 89.5 Å². The highest BCUT2D eigenvalue weighted by Gasteiger charge is 2.18. The van der Waals surface area contributed by atoms with E-state index in [-0.39, 0.29) is 30.9 Å². The van der Waals surface area contributed by atoms with Gasteiger partial charge in [0.1, 0.15) is 12.1 Å². The van der Waals surface area contributed by atoms with E-state index in [0.717, 1.165) is 89.9 Å². The minimum atomic E-state index is -1.39. The van der Waals surface area contributed by atoms with Crippen LogP contribution >= 0.6 is 0 Å². The Morgan fingerprint density at radius 2 is 1.07 bits per heavy atom. The van der Waals surface area contributed by atoms with Crippen LogP contribution < -0.4 is 10.6 Å². The van der Waals surface area contributed by atoms with Crippen molar-refractivity contribution < 1.29 is 34.1 Å². The number of unbranched alkanes of at least 4 members (excludes halogenated alkanes) is 14. The van der Waals surface area contributed by atoms with Crippen molar-refractivity contribution in [2.75, 3.05) is 13.2 Å². The summed E-state index contributed by atoms with van der Waals surface area (Å²) in [5.41, 5.74) is 0. The second-order valence-electron chi connectivity index (χ2n) is 14.4. The van der Waals surface area contributed by atoms with Gasteiger partial charge in [-0.15, -0.1) is 0 Å². The number of esters is 1. The van der Waals surface area contributed by atoms with Gasteiger partial charge in [0, 0.05) is 12.8 Å². The van der Waals surface area contributed by atoms with Crippen molar-refractivity contribution in [3.8, 4) is 0 Å². The number of ether oxygens (including phenoxy) is 1. The van der Waals surface area contributed by atoms with Crippen molar-refractivity contribution in [3.05, 3.63) is 72.9 Å². The quantitative estimate of drug-likeness (QED) is 0.0277. The second kappa shape index (κ2) is 40.9. The molecule has 318 valence electrons. The first-order chi connectivity index (χ1) is 27.3. The highest BCUT2D eigenvalue weighted by molar-refractivity contribution is 5.87. The number of carboxylic acids is 1. The van der Waals surface area contributed by atoms with Gasteiger partial charge in [-0.1, -0.05) is 145 Å². The lowest BCUT2D eigenvalue weighted by Crippen LogP contribution is -2.47. The van der Waals surface area contributed by atoms with Gasteiger partial charge in [0.2, 0.25) is 11.8 Å². The normalized spacial score (nSPS) is 13.2. The summed E-state index contributed by atoms with van der Waals surface area (Å²) in [6.45, 7) is 3.31. The molecule has 0 spiro atoms. The van der Waals surface area contributed by atoms with Crippen LogP contribution in [0.2, 0.25) is 0 Å². The number of aliphatic hydroxyl groups excluding tert-OH is 1. The van der Waals surface area contributed by atoms with Crippen LogP contribution in [0, 0.1) is 0 Å². The molecule has 0 aromatic rings. The van der Waals surface area contributed by atoms with E-state index in [0.29, 0.717) is 12.8 Å². The zero-order chi connectivity index (χ0) is 41.2. The van der Waals surface area contributed by atoms with E-state index in [9.17, 15) is 19.2 Å². The fourth-order valence-electron chi connectivity index (χ4n) is 5.83. The molecule has 0 aliphatic heterocycles. The summed E-state index contributed by atoms with van der Waals surface area (Å²) in [4.78, 5) is 47.5. The molecule has 0 rings (SSSR count). The van der Waals surface area contributed by atoms with Gasteiger partial charge >= 0.3 is 11.9 Å². The molecule has 2 atom stereocenters. The summed E-state index contributed by atoms with van der Waals surface area (Å²) < 4.78 is 5.91. The maximum absolute atomic E-state index is 12.8. The molecule has 0 heterocycles. The summed E-state index contributed by atoms with van der Waals surface area (Å²) in [5, 5.41) is 22.5. The Kier molecular flexibility index (Phi) is 38.2. The second-order valence-corrected chi connectivity index (χ2v) is 14.4. The number of carbonyl (C=O) groups is 4. The molecule has 0 bridgehead atoms. The van der Waals surface area contributed by atoms with Crippen LogP contribution in [-0.4, -0.2) is 59.3 Å². The summed E-state index contributed by atoms with van der Waals surface area (Å²) in [6.07, 6.45) is 50.9. The van der Waals surface area contributed by atoms with Crippen LogP contribution in [0.4, 0.5) is 0 Å². The van der Waals surface area contributed by atoms with Crippen LogP contribution in [0.1, 0.15) is 174 Å². The van der Waals surface area contributed by atoms with E-state index in [1.807, 2.05) is 6.08 Å². The molecule has 2 unspecified atom stereocenters. The van der Waals surface area contributed by atoms with E-state index in [1.165, 1.54) is 51.4 Å². The molecule has 0 aromatic heterocycles. The topological polar surface area (TPSA) is 142 Å². The maximum atomic E-state index is 12.8. The van der Waals surface area contributed by atoms with Crippen molar-refractivity contribution in [1.82, 2.24) is 10.6 Å². The monoisotopic (exact) mass is 783 g/mol. The molecular formula is C47H78N2O7. The number of aliphatic carboxylic acids is 1. The summed E-state index contributed by atoms with van der Waals surface area (Å²) >= 11 is 0. The molecule has 56 heavy (non-hydrogen) atoms. The van der Waals surface area contributed by atoms with E-state index >= 15 is 0 Å². The Morgan fingerprint density at radius 1 is 0.571 bits per heavy atom. The molecular weight excluding hydrogens is 705 g/mol. The number of carbonyl (C=O) groups excluding carboxylic acids is 3. The predicted octanol–water partition coefficient (Wildman–Crippen LogP) is 10.7. The molecule has 4 N–H and O–H groups in total. The third kappa shape index (κ3) is 37.2. The molecule has 0 aromatic carbocycles. The fourth-order valence-corrected chi connectivity index (χ4v) is 5.83. The summed E-state index contributed by atoms with van der Waals surface area (Å²) in [5.74, 6) is -2.42. The molecule has 9 nitrogen and oxygen atoms in total. The fraction of sp³-hybridized carbons (Fsp3) is 0.660. The number of allylic oxidation sites excluding steroid dienone is 11. The Bertz CT molecular complexity index is 1170. The van der Waals surface area contributed by atoms with Crippen molar-refractivity contribution in [3.63, 3.8) is 0 Å². The van der Waals surface area contributed by atoms with Gasteiger partial charge in [-0.3, -0.25) is 14.4 Å². The maximum Gasteiger partial charge on any atom is 0.328 e. The highest BCUT2D eigenvalue weighted by atomic mass is 16.5. The molecule has 0 fully saturated rings. The third-order valence-corrected chi connectivity index (χ3v) is 9.17. The largest absolute Gasteiger partial charge is 0.480 e. The molecule has 0 aliphatic carbocycles. The third-order valence-electron chi connectivity index (χ3n) is 9.17. The minimum absolute atomic E-state index is 0.130. The van der Waals surface area contributed by atoms with Gasteiger partial charge < -0.3 is 25.6 Å². The molecule has 0 aliphatic rings. The van der Waals surface area contributed by atoms with Crippen LogP contribution in [0.25, 0.3) is 0 Å². The zero-order valence-corrected chi connectivity index (χ0v) is 35.1. The molecule has 0 saturated carbocycles. The van der Waals surface area contributed by atoms with Crippen LogP contribution in [0.3, 0.4) is 0 Å². The first-order valence-corrected chi connectivity index (χ1v) is 21.8. The average Bonchev–Trinajstić information content (AvgIpc) is 3.18. The number of hydrogen-bond donors (Lipinski definition) is 4. The van der Waals surface area contributed by atoms with Crippen molar-refractivity contribution >= 4 is 23.8 Å². The zero-order valence-electron chi connectivity index (χ0n) is 35.1. The number of hydrogen-bond acceptors (Lipinski definition) is 6. The molecule has 0 radical (unpaired) electrons. The lowest BCUT2D eigenvalue weighted by atomic mass is 10.1. The lowest BCUT2D eigenvalue weighted by Gasteiger charge is -2.15. The summed E-state index contributed by atoms with van der Waals surface area (Å²) in [7, 11) is 0. The molecule has 2 amide bonds. The smallest absolute Gasteiger partial charge is 0.328 e. The SMILES string of the molecule is CC/C=C\C/C=C\C/C=C\C/C=C\C(CCCCCCCC(=O)NCC(=O)NC(CO)C(=O)O)OC(=O)CCCCCCCCC/C=C\C/C=C\CCCCC. The average molecular weight is 783 g/mol. The minimum Gasteiger partial charge on any atom is -0.480 e. The number of rotatable bonds is 38. The first kappa shape index (κ1) is 52.3. The van der Waals surface area contributed by atoms with E-state index in [2.05, 4.69) is 91.3 Å². The van der Waals surface area contributed by atoms with Gasteiger partial charge in [0.05, 0.1) is 13.2 Å². The van der Waals surface area contributed by atoms with Gasteiger partial charge in [0.15, 0.2) is 0 Å². The number of nitrogens with one attached hydrogen (secondary N) is 2. The van der Waals surface area contributed by atoms with Gasteiger partial charge in [-0.2, -0.15) is 0 Å². The Hall–Kier alpha value is -3.72. The Balaban J connectivity index is 4.42. The van der Waals surface area contributed by atoms with Crippen molar-refractivity contribution in [2.24, 2.45) is 0 Å². The number of carboxylic acid groups (broad SMARTS) is 1. The first-order valence-electron chi connectivity index (χ1n) is 21.8. The van der Waals surface area contributed by atoms with Gasteiger partial charge in [0.25, 0.3) is 0 Å². The Labute approximate surface area is 340 Å². The van der Waals surface area contributed by atoms with Crippen LogP contribution in [-0.2, 0) is 23.9 Å². The number of aliphatic hydroxyl groups is 1. The molecule has 0 saturated heterocycles. The van der Waals surface area contributed by atoms with Gasteiger partial charge in [-0.25, -0.2) is 4.79 Å². The standard InChI is InChI=1S/C47H78N2O7/c1-3-5-7-9-11-13-15-16-17-18-19-20-22-24-26-31-35-39-46(53)56-42(36-32-28-25-23-21-14-12-10-8-6-4-2)37-33-29-27-30-34-38-44(51)48-40-45(52)49-43(41-50)47(54)55/h6,8,11-14,16-17,23,25,32,36,42-43,50H,3-5,7,9-10,15,18-22,24,26-31,33-35,37-41H2,1-2H3,(H,48,51)(H,49,52)(H,54,55)/b8-6-,13-11-,14-12-,17-16-,25-23-,36-32-. The van der Waals surface area contributed by atoms with Crippen molar-refractivity contribution in [1.29, 1.82) is 0 Å². The predicted molar refractivity (Wildman–Crippen MR) is 231 cm³/mol. The van der Waals surface area contributed by atoms with Crippen molar-refractivity contribution in [2.45, 2.75) is 187 Å². The summed E-state index contributed by atoms with van der Waals surface area (Å²) in [6, 6.07) is -1.39. The van der Waals surface area contributed by atoms with E-state index in [4.69, 9.17) is 14.9 Å². The lowest BCUT2D eigenvalue weighted by molar-refractivity contribution is -0.147. The van der Waals surface area contributed by atoms with Crippen LogP contribution in [0.15, 0.2) is 72.9 Å². The Morgan fingerprint density at radius 3 is 1.64 bits per heavy atom. The highest BCUT2D eigenvalue weighted by Crippen LogP contribution is 2.15. The van der Waals surface area contributed by atoms with Crippen LogP contribution in [0.5, 0.6) is 0 Å². The molecule has 9 heteroatoms.